The SMILES string of the molecule is Cn1nnc(Br)c1S(=O)(=O)NCC1(CCO)CC1. The van der Waals surface area contributed by atoms with Gasteiger partial charge in [-0.3, -0.25) is 0 Å². The van der Waals surface area contributed by atoms with E-state index in [1.807, 2.05) is 0 Å². The molecule has 1 aliphatic carbocycles. The van der Waals surface area contributed by atoms with E-state index in [9.17, 15) is 8.42 Å². The number of aliphatic hydroxyl groups is 1. The van der Waals surface area contributed by atoms with Crippen LogP contribution in [0.25, 0.3) is 0 Å². The van der Waals surface area contributed by atoms with Crippen LogP contribution in [0.5, 0.6) is 0 Å². The lowest BCUT2D eigenvalue weighted by atomic mass is 10.0. The van der Waals surface area contributed by atoms with Crippen LogP contribution in [0.2, 0.25) is 0 Å². The quantitative estimate of drug-likeness (QED) is 0.762. The van der Waals surface area contributed by atoms with E-state index in [0.717, 1.165) is 12.8 Å². The van der Waals surface area contributed by atoms with Gasteiger partial charge in [0.1, 0.15) is 0 Å². The smallest absolute Gasteiger partial charge is 0.260 e. The van der Waals surface area contributed by atoms with Gasteiger partial charge in [-0.25, -0.2) is 17.8 Å². The van der Waals surface area contributed by atoms with Crippen molar-refractivity contribution in [3.63, 3.8) is 0 Å². The molecule has 0 radical (unpaired) electrons. The van der Waals surface area contributed by atoms with Gasteiger partial charge in [0.2, 0.25) is 5.03 Å². The van der Waals surface area contributed by atoms with Crippen molar-refractivity contribution >= 4 is 26.0 Å². The van der Waals surface area contributed by atoms with Crippen molar-refractivity contribution in [2.24, 2.45) is 12.5 Å². The van der Waals surface area contributed by atoms with Gasteiger partial charge in [-0.05, 0) is 40.6 Å². The summed E-state index contributed by atoms with van der Waals surface area (Å²) in [4.78, 5) is 0. The Hall–Kier alpha value is -0.510. The van der Waals surface area contributed by atoms with E-state index >= 15 is 0 Å². The number of nitrogens with one attached hydrogen (secondary N) is 1. The van der Waals surface area contributed by atoms with Gasteiger partial charge in [0.15, 0.2) is 4.60 Å². The van der Waals surface area contributed by atoms with Crippen LogP contribution in [-0.4, -0.2) is 41.7 Å². The summed E-state index contributed by atoms with van der Waals surface area (Å²) in [5.41, 5.74) is -0.0691. The maximum Gasteiger partial charge on any atom is 0.260 e. The highest BCUT2D eigenvalue weighted by Crippen LogP contribution is 2.48. The molecule has 1 aromatic heterocycles. The fourth-order valence-corrected chi connectivity index (χ4v) is 4.10. The molecular formula is C9H15BrN4O3S. The zero-order valence-corrected chi connectivity index (χ0v) is 12.3. The zero-order valence-electron chi connectivity index (χ0n) is 9.93. The van der Waals surface area contributed by atoms with Gasteiger partial charge in [-0.15, -0.1) is 5.10 Å². The lowest BCUT2D eigenvalue weighted by Gasteiger charge is -2.14. The Labute approximate surface area is 114 Å². The summed E-state index contributed by atoms with van der Waals surface area (Å²) in [5.74, 6) is 0. The van der Waals surface area contributed by atoms with Crippen molar-refractivity contribution in [3.8, 4) is 0 Å². The van der Waals surface area contributed by atoms with Crippen LogP contribution in [0.3, 0.4) is 0 Å². The van der Waals surface area contributed by atoms with E-state index in [0.29, 0.717) is 13.0 Å². The molecule has 7 nitrogen and oxygen atoms in total. The first-order valence-corrected chi connectivity index (χ1v) is 7.84. The molecule has 0 bridgehead atoms. The Morgan fingerprint density at radius 3 is 2.67 bits per heavy atom. The second-order valence-corrected chi connectivity index (χ2v) is 7.04. The van der Waals surface area contributed by atoms with Crippen LogP contribution in [0, 0.1) is 5.41 Å². The molecule has 1 saturated carbocycles. The molecule has 1 fully saturated rings. The Morgan fingerprint density at radius 1 is 1.56 bits per heavy atom. The number of hydrogen-bond acceptors (Lipinski definition) is 5. The van der Waals surface area contributed by atoms with Crippen LogP contribution < -0.4 is 4.72 Å². The Balaban J connectivity index is 2.09. The van der Waals surface area contributed by atoms with Crippen molar-refractivity contribution in [1.29, 1.82) is 0 Å². The summed E-state index contributed by atoms with van der Waals surface area (Å²) in [6.07, 6.45) is 2.52. The molecular weight excluding hydrogens is 324 g/mol. The topological polar surface area (TPSA) is 97.1 Å². The summed E-state index contributed by atoms with van der Waals surface area (Å²) < 4.78 is 28.2. The van der Waals surface area contributed by atoms with E-state index < -0.39 is 10.0 Å². The van der Waals surface area contributed by atoms with E-state index in [2.05, 4.69) is 31.0 Å². The number of aliphatic hydroxyl groups excluding tert-OH is 1. The third-order valence-electron chi connectivity index (χ3n) is 3.23. The molecule has 0 unspecified atom stereocenters. The molecule has 0 saturated heterocycles. The number of halogens is 1. The molecule has 0 aliphatic heterocycles. The van der Waals surface area contributed by atoms with Gasteiger partial charge in [0.05, 0.1) is 0 Å². The van der Waals surface area contributed by atoms with Gasteiger partial charge in [-0.2, -0.15) is 0 Å². The average molecular weight is 339 g/mol. The molecule has 102 valence electrons. The minimum Gasteiger partial charge on any atom is -0.396 e. The lowest BCUT2D eigenvalue weighted by Crippen LogP contribution is -2.32. The summed E-state index contributed by atoms with van der Waals surface area (Å²) in [6, 6.07) is 0. The highest BCUT2D eigenvalue weighted by Gasteiger charge is 2.42. The Morgan fingerprint density at radius 2 is 2.22 bits per heavy atom. The standard InChI is InChI=1S/C9H15BrN4O3S/c1-14-8(7(10)12-13-14)18(16,17)11-6-9(2-3-9)4-5-15/h11,15H,2-6H2,1H3. The molecule has 0 amide bonds. The maximum absolute atomic E-state index is 12.1. The van der Waals surface area contributed by atoms with Crippen LogP contribution in [0.1, 0.15) is 19.3 Å². The first-order chi connectivity index (χ1) is 8.40. The molecule has 18 heavy (non-hydrogen) atoms. The Kier molecular flexibility index (Phi) is 3.77. The molecule has 9 heteroatoms. The molecule has 1 aromatic rings. The first-order valence-electron chi connectivity index (χ1n) is 5.56. The lowest BCUT2D eigenvalue weighted by molar-refractivity contribution is 0.249. The van der Waals surface area contributed by atoms with Gasteiger partial charge >= 0.3 is 0 Å². The van der Waals surface area contributed by atoms with Crippen molar-refractivity contribution in [1.82, 2.24) is 19.7 Å². The first kappa shape index (κ1) is 13.9. The summed E-state index contributed by atoms with van der Waals surface area (Å²) in [5, 5.41) is 16.2. The molecule has 2 N–H and O–H groups in total. The predicted octanol–water partition coefficient (Wildman–Crippen LogP) is 0.0185. The second kappa shape index (κ2) is 4.87. The number of aryl methyl sites for hydroxylation is 1. The van der Waals surface area contributed by atoms with E-state index in [4.69, 9.17) is 5.11 Å². The summed E-state index contributed by atoms with van der Waals surface area (Å²) in [7, 11) is -2.11. The Bertz CT molecular complexity index is 519. The van der Waals surface area contributed by atoms with Crippen LogP contribution in [0.4, 0.5) is 0 Å². The summed E-state index contributed by atoms with van der Waals surface area (Å²) in [6.45, 7) is 0.423. The van der Waals surface area contributed by atoms with Gasteiger partial charge in [0, 0.05) is 20.2 Å². The van der Waals surface area contributed by atoms with Crippen molar-refractivity contribution in [3.05, 3.63) is 4.60 Å². The third-order valence-corrected chi connectivity index (χ3v) is 5.52. The molecule has 1 heterocycles. The van der Waals surface area contributed by atoms with Gasteiger partial charge in [-0.1, -0.05) is 5.21 Å². The van der Waals surface area contributed by atoms with Crippen molar-refractivity contribution in [2.75, 3.05) is 13.2 Å². The zero-order chi connectivity index (χ0) is 13.4. The highest BCUT2D eigenvalue weighted by molar-refractivity contribution is 9.10. The fourth-order valence-electron chi connectivity index (χ4n) is 1.85. The maximum atomic E-state index is 12.1. The minimum absolute atomic E-state index is 0.0160. The van der Waals surface area contributed by atoms with Crippen LogP contribution in [0.15, 0.2) is 9.63 Å². The minimum atomic E-state index is -3.63. The highest BCUT2D eigenvalue weighted by atomic mass is 79.9. The number of hydrogen-bond donors (Lipinski definition) is 2. The average Bonchev–Trinajstić information content (AvgIpc) is 2.97. The van der Waals surface area contributed by atoms with E-state index in [-0.39, 0.29) is 21.7 Å². The third kappa shape index (κ3) is 2.73. The summed E-state index contributed by atoms with van der Waals surface area (Å²) >= 11 is 3.07. The largest absolute Gasteiger partial charge is 0.396 e. The van der Waals surface area contributed by atoms with Crippen LogP contribution in [-0.2, 0) is 17.1 Å². The van der Waals surface area contributed by atoms with Crippen LogP contribution >= 0.6 is 15.9 Å². The molecule has 0 spiro atoms. The van der Waals surface area contributed by atoms with E-state index in [1.165, 1.54) is 11.7 Å². The number of nitrogens with zero attached hydrogens (tertiary/aromatic N) is 3. The van der Waals surface area contributed by atoms with Gasteiger partial charge < -0.3 is 5.11 Å². The monoisotopic (exact) mass is 338 g/mol. The van der Waals surface area contributed by atoms with Gasteiger partial charge in [0.25, 0.3) is 10.0 Å². The molecule has 0 aromatic carbocycles. The molecule has 2 rings (SSSR count). The number of sulfonamides is 1. The normalized spacial score (nSPS) is 17.9. The van der Waals surface area contributed by atoms with Crippen molar-refractivity contribution in [2.45, 2.75) is 24.3 Å². The van der Waals surface area contributed by atoms with E-state index in [1.54, 1.807) is 0 Å². The molecule has 0 atom stereocenters. The second-order valence-electron chi connectivity index (χ2n) is 4.61. The predicted molar refractivity (Wildman–Crippen MR) is 67.3 cm³/mol. The fraction of sp³-hybridized carbons (Fsp3) is 0.778. The number of aromatic nitrogens is 3. The van der Waals surface area contributed by atoms with Crippen molar-refractivity contribution < 1.29 is 13.5 Å². The molecule has 1 aliphatic rings. The number of rotatable bonds is 6.